The normalized spacial score (nSPS) is 14.9. The Labute approximate surface area is 119 Å². The maximum atomic E-state index is 11.8. The van der Waals surface area contributed by atoms with Crippen LogP contribution in [0.15, 0.2) is 24.3 Å². The highest BCUT2D eigenvalue weighted by molar-refractivity contribution is 5.91. The quantitative estimate of drug-likeness (QED) is 0.780. The van der Waals surface area contributed by atoms with E-state index in [0.717, 1.165) is 30.8 Å². The predicted molar refractivity (Wildman–Crippen MR) is 78.6 cm³/mol. The van der Waals surface area contributed by atoms with E-state index in [0.29, 0.717) is 6.42 Å². The van der Waals surface area contributed by atoms with Crippen LogP contribution in [0.5, 0.6) is 5.75 Å². The van der Waals surface area contributed by atoms with E-state index < -0.39 is 0 Å². The summed E-state index contributed by atoms with van der Waals surface area (Å²) in [4.78, 5) is 11.8. The van der Waals surface area contributed by atoms with Gasteiger partial charge in [0.25, 0.3) is 0 Å². The van der Waals surface area contributed by atoms with E-state index >= 15 is 0 Å². The van der Waals surface area contributed by atoms with Crippen LogP contribution in [0.3, 0.4) is 0 Å². The summed E-state index contributed by atoms with van der Waals surface area (Å²) in [6, 6.07) is 5.97. The molecule has 108 valence electrons. The molecule has 2 rings (SSSR count). The van der Waals surface area contributed by atoms with Crippen LogP contribution in [0.4, 0.5) is 0 Å². The zero-order valence-electron chi connectivity index (χ0n) is 11.8. The fraction of sp³-hybridized carbons (Fsp3) is 0.438. The summed E-state index contributed by atoms with van der Waals surface area (Å²) in [5.41, 5.74) is 2.19. The summed E-state index contributed by atoms with van der Waals surface area (Å²) >= 11 is 0. The number of fused-ring (bicyclic) bond motifs is 1. The third-order valence-electron chi connectivity index (χ3n) is 3.46. The Balaban J connectivity index is 1.93. The molecule has 1 atom stereocenters. The van der Waals surface area contributed by atoms with E-state index in [9.17, 15) is 4.79 Å². The van der Waals surface area contributed by atoms with Gasteiger partial charge in [-0.05, 0) is 42.2 Å². The standard InChI is InChI=1S/C16H21NO3/c1-2-14(7-9-18)17-16(19)6-4-12-3-5-15-13(11-12)8-10-20-15/h3-6,11,14,18H,2,7-10H2,1H3,(H,17,19)/b6-4+. The molecule has 1 amide bonds. The summed E-state index contributed by atoms with van der Waals surface area (Å²) < 4.78 is 5.45. The molecule has 1 aromatic rings. The van der Waals surface area contributed by atoms with Gasteiger partial charge < -0.3 is 15.2 Å². The number of carbonyl (C=O) groups is 1. The average molecular weight is 275 g/mol. The minimum absolute atomic E-state index is 0.0329. The smallest absolute Gasteiger partial charge is 0.244 e. The summed E-state index contributed by atoms with van der Waals surface area (Å²) in [6.07, 6.45) is 5.68. The minimum Gasteiger partial charge on any atom is -0.493 e. The molecule has 0 saturated heterocycles. The Hall–Kier alpha value is -1.81. The van der Waals surface area contributed by atoms with Crippen molar-refractivity contribution in [1.29, 1.82) is 0 Å². The predicted octanol–water partition coefficient (Wildman–Crippen LogP) is 1.91. The van der Waals surface area contributed by atoms with E-state index in [1.54, 1.807) is 6.08 Å². The minimum atomic E-state index is -0.123. The molecule has 1 aromatic carbocycles. The third-order valence-corrected chi connectivity index (χ3v) is 3.46. The lowest BCUT2D eigenvalue weighted by Gasteiger charge is -2.13. The fourth-order valence-corrected chi connectivity index (χ4v) is 2.27. The van der Waals surface area contributed by atoms with Gasteiger partial charge in [0, 0.05) is 25.1 Å². The van der Waals surface area contributed by atoms with E-state index in [2.05, 4.69) is 11.4 Å². The molecule has 0 aliphatic carbocycles. The second-order valence-corrected chi connectivity index (χ2v) is 4.92. The van der Waals surface area contributed by atoms with Gasteiger partial charge in [-0.1, -0.05) is 13.0 Å². The first-order valence-electron chi connectivity index (χ1n) is 7.08. The van der Waals surface area contributed by atoms with Crippen molar-refractivity contribution in [2.75, 3.05) is 13.2 Å². The molecule has 0 fully saturated rings. The topological polar surface area (TPSA) is 58.6 Å². The molecule has 0 radical (unpaired) electrons. The number of ether oxygens (including phenoxy) is 1. The number of carbonyl (C=O) groups excluding carboxylic acids is 1. The van der Waals surface area contributed by atoms with Crippen molar-refractivity contribution < 1.29 is 14.6 Å². The molecule has 0 saturated carbocycles. The fourth-order valence-electron chi connectivity index (χ4n) is 2.27. The van der Waals surface area contributed by atoms with Crippen molar-refractivity contribution >= 4 is 12.0 Å². The lowest BCUT2D eigenvalue weighted by atomic mass is 10.1. The first-order chi connectivity index (χ1) is 9.72. The van der Waals surface area contributed by atoms with Gasteiger partial charge in [0.05, 0.1) is 6.61 Å². The molecule has 1 unspecified atom stereocenters. The van der Waals surface area contributed by atoms with E-state index in [1.165, 1.54) is 11.6 Å². The molecule has 4 nitrogen and oxygen atoms in total. The Bertz CT molecular complexity index is 496. The van der Waals surface area contributed by atoms with Gasteiger partial charge in [0.2, 0.25) is 5.91 Å². The molecule has 1 aliphatic heterocycles. The highest BCUT2D eigenvalue weighted by Gasteiger charge is 2.11. The van der Waals surface area contributed by atoms with Crippen LogP contribution in [0.2, 0.25) is 0 Å². The van der Waals surface area contributed by atoms with Gasteiger partial charge in [0.15, 0.2) is 0 Å². The monoisotopic (exact) mass is 275 g/mol. The van der Waals surface area contributed by atoms with Gasteiger partial charge in [-0.3, -0.25) is 4.79 Å². The number of hydrogen-bond donors (Lipinski definition) is 2. The number of rotatable bonds is 6. The van der Waals surface area contributed by atoms with Crippen molar-refractivity contribution in [2.45, 2.75) is 32.2 Å². The van der Waals surface area contributed by atoms with E-state index in [4.69, 9.17) is 9.84 Å². The van der Waals surface area contributed by atoms with Gasteiger partial charge in [-0.15, -0.1) is 0 Å². The van der Waals surface area contributed by atoms with Gasteiger partial charge in [0.1, 0.15) is 5.75 Å². The summed E-state index contributed by atoms with van der Waals surface area (Å²) in [7, 11) is 0. The molecular weight excluding hydrogens is 254 g/mol. The number of benzene rings is 1. The van der Waals surface area contributed by atoms with Crippen molar-refractivity contribution in [3.63, 3.8) is 0 Å². The number of aliphatic hydroxyl groups is 1. The van der Waals surface area contributed by atoms with Crippen molar-refractivity contribution in [1.82, 2.24) is 5.32 Å². The molecule has 1 aliphatic rings. The lowest BCUT2D eigenvalue weighted by Crippen LogP contribution is -2.33. The highest BCUT2D eigenvalue weighted by atomic mass is 16.5. The number of aliphatic hydroxyl groups excluding tert-OH is 1. The van der Waals surface area contributed by atoms with Crippen LogP contribution in [0, 0.1) is 0 Å². The number of hydrogen-bond acceptors (Lipinski definition) is 3. The highest BCUT2D eigenvalue weighted by Crippen LogP contribution is 2.26. The van der Waals surface area contributed by atoms with Crippen LogP contribution >= 0.6 is 0 Å². The molecule has 20 heavy (non-hydrogen) atoms. The second kappa shape index (κ2) is 7.10. The largest absolute Gasteiger partial charge is 0.493 e. The molecule has 1 heterocycles. The molecule has 4 heteroatoms. The van der Waals surface area contributed by atoms with E-state index in [-0.39, 0.29) is 18.6 Å². The lowest BCUT2D eigenvalue weighted by molar-refractivity contribution is -0.117. The van der Waals surface area contributed by atoms with Crippen LogP contribution < -0.4 is 10.1 Å². The molecule has 0 aromatic heterocycles. The first kappa shape index (κ1) is 14.6. The molecule has 0 spiro atoms. The first-order valence-corrected chi connectivity index (χ1v) is 7.08. The number of amides is 1. The van der Waals surface area contributed by atoms with Gasteiger partial charge in [-0.2, -0.15) is 0 Å². The van der Waals surface area contributed by atoms with Crippen LogP contribution in [-0.2, 0) is 11.2 Å². The molecular formula is C16H21NO3. The summed E-state index contributed by atoms with van der Waals surface area (Å²) in [6.45, 7) is 2.82. The summed E-state index contributed by atoms with van der Waals surface area (Å²) in [5.74, 6) is 0.822. The zero-order chi connectivity index (χ0) is 14.4. The van der Waals surface area contributed by atoms with Crippen LogP contribution in [-0.4, -0.2) is 30.3 Å². The molecule has 0 bridgehead atoms. The average Bonchev–Trinajstić information content (AvgIpc) is 2.92. The Morgan fingerprint density at radius 2 is 2.40 bits per heavy atom. The van der Waals surface area contributed by atoms with Crippen molar-refractivity contribution in [3.8, 4) is 5.75 Å². The Morgan fingerprint density at radius 3 is 3.15 bits per heavy atom. The summed E-state index contributed by atoms with van der Waals surface area (Å²) in [5, 5.41) is 11.8. The zero-order valence-corrected chi connectivity index (χ0v) is 11.8. The van der Waals surface area contributed by atoms with Gasteiger partial charge >= 0.3 is 0 Å². The maximum absolute atomic E-state index is 11.8. The van der Waals surface area contributed by atoms with Crippen LogP contribution in [0.25, 0.3) is 6.08 Å². The van der Waals surface area contributed by atoms with Crippen LogP contribution in [0.1, 0.15) is 30.9 Å². The number of nitrogens with one attached hydrogen (secondary N) is 1. The Kier molecular flexibility index (Phi) is 5.18. The molecule has 2 N–H and O–H groups in total. The van der Waals surface area contributed by atoms with E-state index in [1.807, 2.05) is 19.1 Å². The Morgan fingerprint density at radius 1 is 1.55 bits per heavy atom. The SMILES string of the molecule is CCC(CCO)NC(=O)/C=C/c1ccc2c(c1)CCO2. The van der Waals surface area contributed by atoms with Crippen molar-refractivity contribution in [3.05, 3.63) is 35.4 Å². The second-order valence-electron chi connectivity index (χ2n) is 4.92. The van der Waals surface area contributed by atoms with Crippen molar-refractivity contribution in [2.24, 2.45) is 0 Å². The third kappa shape index (κ3) is 3.84. The van der Waals surface area contributed by atoms with Gasteiger partial charge in [-0.25, -0.2) is 0 Å². The maximum Gasteiger partial charge on any atom is 0.244 e.